The molecule has 0 bridgehead atoms. The molecule has 1 fully saturated rings. The zero-order valence-electron chi connectivity index (χ0n) is 11.5. The zero-order chi connectivity index (χ0) is 13.1. The molecule has 1 saturated heterocycles. The van der Waals surface area contributed by atoms with E-state index >= 15 is 0 Å². The quantitative estimate of drug-likeness (QED) is 0.825. The third-order valence-corrected chi connectivity index (χ3v) is 4.04. The Balaban J connectivity index is 1.79. The third-order valence-electron chi connectivity index (χ3n) is 4.04. The summed E-state index contributed by atoms with van der Waals surface area (Å²) in [5.74, 6) is 0. The van der Waals surface area contributed by atoms with Gasteiger partial charge in [-0.15, -0.1) is 0 Å². The lowest BCUT2D eigenvalue weighted by atomic mass is 9.93. The lowest BCUT2D eigenvalue weighted by Gasteiger charge is -2.29. The molecule has 0 radical (unpaired) electrons. The Morgan fingerprint density at radius 3 is 2.21 bits per heavy atom. The maximum absolute atomic E-state index is 3.69. The third kappa shape index (κ3) is 2.87. The number of hydrogen-bond donors (Lipinski definition) is 1. The van der Waals surface area contributed by atoms with E-state index in [1.54, 1.807) is 0 Å². The normalized spacial score (nSPS) is 23.2. The minimum atomic E-state index is 0.536. The topological polar surface area (TPSA) is 12.0 Å². The van der Waals surface area contributed by atoms with E-state index in [9.17, 15) is 0 Å². The minimum Gasteiger partial charge on any atom is -0.307 e. The van der Waals surface area contributed by atoms with Gasteiger partial charge >= 0.3 is 0 Å². The molecule has 0 saturated carbocycles. The highest BCUT2D eigenvalue weighted by molar-refractivity contribution is 5.63. The van der Waals surface area contributed by atoms with Crippen molar-refractivity contribution in [1.82, 2.24) is 5.32 Å². The van der Waals surface area contributed by atoms with Crippen molar-refractivity contribution in [3.8, 4) is 11.1 Å². The van der Waals surface area contributed by atoms with Gasteiger partial charge in [0.05, 0.1) is 0 Å². The van der Waals surface area contributed by atoms with E-state index in [0.29, 0.717) is 12.1 Å². The van der Waals surface area contributed by atoms with Crippen LogP contribution in [0.4, 0.5) is 0 Å². The molecule has 2 unspecified atom stereocenters. The van der Waals surface area contributed by atoms with Crippen LogP contribution < -0.4 is 5.32 Å². The van der Waals surface area contributed by atoms with E-state index in [1.165, 1.54) is 36.0 Å². The van der Waals surface area contributed by atoms with Crippen molar-refractivity contribution in [2.24, 2.45) is 0 Å². The van der Waals surface area contributed by atoms with Crippen molar-refractivity contribution < 1.29 is 0 Å². The molecule has 0 aliphatic carbocycles. The van der Waals surface area contributed by atoms with Gasteiger partial charge < -0.3 is 5.32 Å². The number of hydrogen-bond acceptors (Lipinski definition) is 1. The summed E-state index contributed by atoms with van der Waals surface area (Å²) in [6.45, 7) is 2.28. The van der Waals surface area contributed by atoms with Crippen molar-refractivity contribution in [3.05, 3.63) is 60.2 Å². The molecule has 19 heavy (non-hydrogen) atoms. The largest absolute Gasteiger partial charge is 0.307 e. The SMILES string of the molecule is CC1CCCC(c2ccc(-c3ccccc3)cc2)N1. The zero-order valence-corrected chi connectivity index (χ0v) is 11.5. The molecule has 98 valence electrons. The minimum absolute atomic E-state index is 0.536. The predicted octanol–water partition coefficient (Wildman–Crippen LogP) is 4.56. The van der Waals surface area contributed by atoms with Crippen LogP contribution in [0.5, 0.6) is 0 Å². The number of benzene rings is 2. The fraction of sp³-hybridized carbons (Fsp3) is 0.333. The summed E-state index contributed by atoms with van der Waals surface area (Å²) in [6.07, 6.45) is 3.90. The molecule has 0 spiro atoms. The Morgan fingerprint density at radius 2 is 1.53 bits per heavy atom. The summed E-state index contributed by atoms with van der Waals surface area (Å²) in [6, 6.07) is 20.8. The van der Waals surface area contributed by atoms with E-state index in [2.05, 4.69) is 66.8 Å². The molecule has 1 heteroatoms. The smallest absolute Gasteiger partial charge is 0.0322 e. The average Bonchev–Trinajstić information content (AvgIpc) is 2.48. The van der Waals surface area contributed by atoms with Gasteiger partial charge in [0.25, 0.3) is 0 Å². The lowest BCUT2D eigenvalue weighted by Crippen LogP contribution is -2.34. The van der Waals surface area contributed by atoms with Gasteiger partial charge in [0.1, 0.15) is 0 Å². The molecule has 0 aromatic heterocycles. The Labute approximate surface area is 115 Å². The second kappa shape index (κ2) is 5.58. The van der Waals surface area contributed by atoms with Crippen molar-refractivity contribution in [2.75, 3.05) is 0 Å². The van der Waals surface area contributed by atoms with Gasteiger partial charge in [-0.1, -0.05) is 61.0 Å². The first-order valence-electron chi connectivity index (χ1n) is 7.24. The first-order valence-corrected chi connectivity index (χ1v) is 7.24. The summed E-state index contributed by atoms with van der Waals surface area (Å²) >= 11 is 0. The van der Waals surface area contributed by atoms with E-state index in [-0.39, 0.29) is 0 Å². The van der Waals surface area contributed by atoms with Crippen LogP contribution in [0.2, 0.25) is 0 Å². The molecule has 3 rings (SSSR count). The molecule has 0 amide bonds. The highest BCUT2D eigenvalue weighted by Gasteiger charge is 2.18. The van der Waals surface area contributed by atoms with Crippen LogP contribution in [-0.2, 0) is 0 Å². The van der Waals surface area contributed by atoms with Crippen LogP contribution in [0.15, 0.2) is 54.6 Å². The van der Waals surface area contributed by atoms with E-state index in [4.69, 9.17) is 0 Å². The molecular weight excluding hydrogens is 230 g/mol. The second-order valence-corrected chi connectivity index (χ2v) is 5.54. The van der Waals surface area contributed by atoms with E-state index < -0.39 is 0 Å². The molecule has 1 nitrogen and oxygen atoms in total. The van der Waals surface area contributed by atoms with Crippen LogP contribution >= 0.6 is 0 Å². The maximum atomic E-state index is 3.69. The fourth-order valence-corrected chi connectivity index (χ4v) is 2.94. The van der Waals surface area contributed by atoms with Crippen molar-refractivity contribution in [2.45, 2.75) is 38.3 Å². The Bertz CT molecular complexity index is 515. The fourth-order valence-electron chi connectivity index (χ4n) is 2.94. The Hall–Kier alpha value is -1.60. The van der Waals surface area contributed by atoms with Crippen molar-refractivity contribution in [3.63, 3.8) is 0 Å². The summed E-state index contributed by atoms with van der Waals surface area (Å²) in [5.41, 5.74) is 4.01. The van der Waals surface area contributed by atoms with Gasteiger partial charge in [-0.3, -0.25) is 0 Å². The van der Waals surface area contributed by atoms with Crippen LogP contribution in [0, 0.1) is 0 Å². The van der Waals surface area contributed by atoms with Crippen LogP contribution in [-0.4, -0.2) is 6.04 Å². The van der Waals surface area contributed by atoms with E-state index in [0.717, 1.165) is 0 Å². The van der Waals surface area contributed by atoms with Crippen molar-refractivity contribution >= 4 is 0 Å². The van der Waals surface area contributed by atoms with E-state index in [1.807, 2.05) is 0 Å². The average molecular weight is 251 g/mol. The summed E-state index contributed by atoms with van der Waals surface area (Å²) in [4.78, 5) is 0. The van der Waals surface area contributed by atoms with Crippen LogP contribution in [0.25, 0.3) is 11.1 Å². The monoisotopic (exact) mass is 251 g/mol. The number of rotatable bonds is 2. The Kier molecular flexibility index (Phi) is 3.65. The lowest BCUT2D eigenvalue weighted by molar-refractivity contribution is 0.341. The highest BCUT2D eigenvalue weighted by atomic mass is 15.0. The highest BCUT2D eigenvalue weighted by Crippen LogP contribution is 2.27. The van der Waals surface area contributed by atoms with Gasteiger partial charge in [0, 0.05) is 12.1 Å². The van der Waals surface area contributed by atoms with Crippen LogP contribution in [0.1, 0.15) is 37.8 Å². The molecular formula is C18H21N. The molecule has 2 atom stereocenters. The first kappa shape index (κ1) is 12.4. The van der Waals surface area contributed by atoms with Crippen molar-refractivity contribution in [1.29, 1.82) is 0 Å². The van der Waals surface area contributed by atoms with Gasteiger partial charge in [0.2, 0.25) is 0 Å². The number of piperidine rings is 1. The summed E-state index contributed by atoms with van der Waals surface area (Å²) < 4.78 is 0. The maximum Gasteiger partial charge on any atom is 0.0322 e. The van der Waals surface area contributed by atoms with Gasteiger partial charge in [-0.05, 0) is 36.5 Å². The number of nitrogens with one attached hydrogen (secondary N) is 1. The molecule has 1 N–H and O–H groups in total. The molecule has 2 aromatic rings. The van der Waals surface area contributed by atoms with Gasteiger partial charge in [-0.25, -0.2) is 0 Å². The summed E-state index contributed by atoms with van der Waals surface area (Å²) in [5, 5.41) is 3.69. The van der Waals surface area contributed by atoms with Crippen LogP contribution in [0.3, 0.4) is 0 Å². The molecule has 1 aliphatic rings. The Morgan fingerprint density at radius 1 is 0.842 bits per heavy atom. The first-order chi connectivity index (χ1) is 9.33. The predicted molar refractivity (Wildman–Crippen MR) is 81.1 cm³/mol. The standard InChI is InChI=1S/C18H21N/c1-14-6-5-9-18(19-14)17-12-10-16(11-13-17)15-7-3-2-4-8-15/h2-4,7-8,10-14,18-19H,5-6,9H2,1H3. The van der Waals surface area contributed by atoms with Gasteiger partial charge in [0.15, 0.2) is 0 Å². The van der Waals surface area contributed by atoms with Gasteiger partial charge in [-0.2, -0.15) is 0 Å². The second-order valence-electron chi connectivity index (χ2n) is 5.54. The molecule has 1 aliphatic heterocycles. The molecule has 2 aromatic carbocycles. The summed E-state index contributed by atoms with van der Waals surface area (Å²) in [7, 11) is 0. The molecule has 1 heterocycles.